The van der Waals surface area contributed by atoms with Crippen molar-refractivity contribution in [3.05, 3.63) is 71.7 Å². The molecule has 4 N–H and O–H groups in total. The van der Waals surface area contributed by atoms with Crippen LogP contribution in [-0.2, 0) is 11.3 Å². The summed E-state index contributed by atoms with van der Waals surface area (Å²) in [5.41, 5.74) is 8.14. The number of rotatable bonds is 7. The Balaban J connectivity index is 1.46. The number of ether oxygens (including phenoxy) is 1. The van der Waals surface area contributed by atoms with Crippen molar-refractivity contribution in [3.8, 4) is 11.3 Å². The van der Waals surface area contributed by atoms with E-state index in [2.05, 4.69) is 20.4 Å². The standard InChI is InChI=1S/C29H34F2N6O2/c1-16(2)39-15-18-10-22(30)27(23(31)11-18)24-6-5-20-13-34-28(37(20)36-24)35-25-14-33-8-7-21(25)19-9-17(3)29(4,38)26(32)12-19/h5-8,10-11,13-14,16-17,19,26,38H,9,12,15,32H2,1-4H3,(H,34,35)/t17-,19+,26+,29+/m0/s1. The van der Waals surface area contributed by atoms with E-state index in [9.17, 15) is 5.11 Å². The van der Waals surface area contributed by atoms with Crippen LogP contribution in [0.1, 0.15) is 57.6 Å². The minimum atomic E-state index is -0.930. The molecule has 0 bridgehead atoms. The van der Waals surface area contributed by atoms with Crippen LogP contribution in [0.3, 0.4) is 0 Å². The van der Waals surface area contributed by atoms with Crippen molar-refractivity contribution in [2.45, 2.75) is 70.8 Å². The van der Waals surface area contributed by atoms with Crippen LogP contribution in [0.25, 0.3) is 16.8 Å². The minimum Gasteiger partial charge on any atom is -0.388 e. The van der Waals surface area contributed by atoms with Gasteiger partial charge in [0.25, 0.3) is 0 Å². The number of nitrogens with one attached hydrogen (secondary N) is 1. The average molecular weight is 537 g/mol. The Bertz CT molecular complexity index is 1450. The normalized spacial score (nSPS) is 23.5. The number of anilines is 2. The average Bonchev–Trinajstić information content (AvgIpc) is 3.28. The van der Waals surface area contributed by atoms with Crippen molar-refractivity contribution in [1.29, 1.82) is 0 Å². The van der Waals surface area contributed by atoms with Crippen molar-refractivity contribution < 1.29 is 18.6 Å². The van der Waals surface area contributed by atoms with E-state index in [-0.39, 0.29) is 41.8 Å². The zero-order chi connectivity index (χ0) is 27.9. The molecular formula is C29H34F2N6O2. The molecule has 3 aromatic heterocycles. The van der Waals surface area contributed by atoms with Crippen molar-refractivity contribution >= 4 is 17.2 Å². The van der Waals surface area contributed by atoms with Crippen LogP contribution in [0.5, 0.6) is 0 Å². The van der Waals surface area contributed by atoms with E-state index in [0.29, 0.717) is 23.4 Å². The van der Waals surface area contributed by atoms with Gasteiger partial charge >= 0.3 is 0 Å². The molecule has 1 fully saturated rings. The van der Waals surface area contributed by atoms with E-state index in [0.717, 1.165) is 17.7 Å². The molecule has 0 saturated heterocycles. The highest BCUT2D eigenvalue weighted by Crippen LogP contribution is 2.43. The first-order valence-corrected chi connectivity index (χ1v) is 13.2. The number of imidazole rings is 1. The molecule has 5 rings (SSSR count). The number of hydrogen-bond acceptors (Lipinski definition) is 7. The highest BCUT2D eigenvalue weighted by molar-refractivity contribution is 5.66. The fraction of sp³-hybridized carbons (Fsp3) is 0.414. The van der Waals surface area contributed by atoms with E-state index in [1.54, 1.807) is 37.6 Å². The number of nitrogens with zero attached hydrogens (tertiary/aromatic N) is 4. The highest BCUT2D eigenvalue weighted by Gasteiger charge is 2.42. The molecule has 0 aliphatic heterocycles. The Hall–Kier alpha value is -3.47. The van der Waals surface area contributed by atoms with Gasteiger partial charge in [-0.25, -0.2) is 13.8 Å². The van der Waals surface area contributed by atoms with Gasteiger partial charge in [0.15, 0.2) is 0 Å². The third kappa shape index (κ3) is 5.36. The zero-order valence-corrected chi connectivity index (χ0v) is 22.5. The summed E-state index contributed by atoms with van der Waals surface area (Å²) in [7, 11) is 0. The summed E-state index contributed by atoms with van der Waals surface area (Å²) in [5.74, 6) is -0.934. The quantitative estimate of drug-likeness (QED) is 0.293. The Morgan fingerprint density at radius 1 is 1.18 bits per heavy atom. The predicted octanol–water partition coefficient (Wildman–Crippen LogP) is 5.33. The van der Waals surface area contributed by atoms with Gasteiger partial charge in [-0.1, -0.05) is 6.92 Å². The third-order valence-corrected chi connectivity index (χ3v) is 7.79. The van der Waals surface area contributed by atoms with Crippen LogP contribution in [0.2, 0.25) is 0 Å². The number of nitrogens with two attached hydrogens (primary N) is 1. The lowest BCUT2D eigenvalue weighted by atomic mass is 9.68. The molecular weight excluding hydrogens is 502 g/mol. The second-order valence-corrected chi connectivity index (χ2v) is 10.9. The van der Waals surface area contributed by atoms with Gasteiger partial charge in [0, 0.05) is 12.2 Å². The smallest absolute Gasteiger partial charge is 0.229 e. The number of benzene rings is 1. The van der Waals surface area contributed by atoms with Gasteiger partial charge in [-0.15, -0.1) is 0 Å². The number of aliphatic hydroxyl groups is 1. The molecule has 0 spiro atoms. The Morgan fingerprint density at radius 3 is 2.62 bits per heavy atom. The zero-order valence-electron chi connectivity index (χ0n) is 22.5. The van der Waals surface area contributed by atoms with E-state index in [1.807, 2.05) is 26.8 Å². The minimum absolute atomic E-state index is 0.0110. The molecule has 4 aromatic rings. The predicted molar refractivity (Wildman–Crippen MR) is 146 cm³/mol. The summed E-state index contributed by atoms with van der Waals surface area (Å²) in [6, 6.07) is 7.40. The summed E-state index contributed by atoms with van der Waals surface area (Å²) < 4.78 is 37.1. The van der Waals surface area contributed by atoms with Gasteiger partial charge in [-0.2, -0.15) is 9.61 Å². The van der Waals surface area contributed by atoms with Crippen LogP contribution in [0.15, 0.2) is 48.9 Å². The molecule has 0 radical (unpaired) electrons. The third-order valence-electron chi connectivity index (χ3n) is 7.79. The summed E-state index contributed by atoms with van der Waals surface area (Å²) in [5, 5.41) is 18.6. The van der Waals surface area contributed by atoms with E-state index in [1.165, 1.54) is 16.6 Å². The van der Waals surface area contributed by atoms with Crippen molar-refractivity contribution in [1.82, 2.24) is 19.6 Å². The maximum absolute atomic E-state index is 15.1. The molecule has 3 heterocycles. The molecule has 0 unspecified atom stereocenters. The molecule has 1 aliphatic carbocycles. The van der Waals surface area contributed by atoms with Crippen LogP contribution < -0.4 is 11.1 Å². The van der Waals surface area contributed by atoms with Crippen LogP contribution in [0, 0.1) is 17.6 Å². The Kier molecular flexibility index (Phi) is 7.37. The largest absolute Gasteiger partial charge is 0.388 e. The lowest BCUT2D eigenvalue weighted by molar-refractivity contribution is -0.0463. The van der Waals surface area contributed by atoms with Gasteiger partial charge in [-0.05, 0) is 86.9 Å². The first kappa shape index (κ1) is 27.1. The van der Waals surface area contributed by atoms with Crippen LogP contribution in [0.4, 0.5) is 20.4 Å². The molecule has 8 nitrogen and oxygen atoms in total. The lowest BCUT2D eigenvalue weighted by Crippen LogP contribution is -2.54. The number of pyridine rings is 1. The number of aromatic nitrogens is 4. The summed E-state index contributed by atoms with van der Waals surface area (Å²) >= 11 is 0. The molecule has 39 heavy (non-hydrogen) atoms. The molecule has 4 atom stereocenters. The maximum Gasteiger partial charge on any atom is 0.229 e. The van der Waals surface area contributed by atoms with Crippen molar-refractivity contribution in [3.63, 3.8) is 0 Å². The van der Waals surface area contributed by atoms with Crippen molar-refractivity contribution in [2.75, 3.05) is 5.32 Å². The first-order valence-electron chi connectivity index (χ1n) is 13.2. The van der Waals surface area contributed by atoms with E-state index >= 15 is 8.78 Å². The first-order chi connectivity index (χ1) is 18.5. The molecule has 206 valence electrons. The fourth-order valence-electron chi connectivity index (χ4n) is 5.23. The number of fused-ring (bicyclic) bond motifs is 1. The molecule has 0 amide bonds. The van der Waals surface area contributed by atoms with Gasteiger partial charge in [0.1, 0.15) is 11.6 Å². The van der Waals surface area contributed by atoms with E-state index in [4.69, 9.17) is 10.5 Å². The summed E-state index contributed by atoms with van der Waals surface area (Å²) in [6.07, 6.45) is 6.40. The van der Waals surface area contributed by atoms with Gasteiger partial charge in [0.05, 0.1) is 53.2 Å². The van der Waals surface area contributed by atoms with E-state index < -0.39 is 17.2 Å². The Morgan fingerprint density at radius 2 is 1.92 bits per heavy atom. The second-order valence-electron chi connectivity index (χ2n) is 10.9. The number of halogens is 2. The SMILES string of the molecule is CC(C)OCc1cc(F)c(-c2ccc3cnc(Nc4cnccc4[C@H]4C[C@@H](N)[C@](C)(O)[C@@H](C)C4)n3n2)c(F)c1. The topological polar surface area (TPSA) is 111 Å². The van der Waals surface area contributed by atoms with Crippen molar-refractivity contribution in [2.24, 2.45) is 11.7 Å². The molecule has 10 heteroatoms. The van der Waals surface area contributed by atoms with Crippen LogP contribution in [-0.4, -0.2) is 42.4 Å². The van der Waals surface area contributed by atoms with Gasteiger partial charge < -0.3 is 20.9 Å². The van der Waals surface area contributed by atoms with Gasteiger partial charge in [0.2, 0.25) is 5.95 Å². The summed E-state index contributed by atoms with van der Waals surface area (Å²) in [4.78, 5) is 8.74. The number of hydrogen-bond donors (Lipinski definition) is 3. The lowest BCUT2D eigenvalue weighted by Gasteiger charge is -2.44. The molecule has 1 aliphatic rings. The summed E-state index contributed by atoms with van der Waals surface area (Å²) in [6.45, 7) is 7.64. The fourth-order valence-corrected chi connectivity index (χ4v) is 5.23. The second kappa shape index (κ2) is 10.6. The molecule has 1 aromatic carbocycles. The highest BCUT2D eigenvalue weighted by atomic mass is 19.1. The Labute approximate surface area is 226 Å². The van der Waals surface area contributed by atoms with Crippen LogP contribution >= 0.6 is 0 Å². The van der Waals surface area contributed by atoms with Gasteiger partial charge in [-0.3, -0.25) is 4.98 Å². The monoisotopic (exact) mass is 536 g/mol. The maximum atomic E-state index is 15.1. The molecule has 1 saturated carbocycles.